The summed E-state index contributed by atoms with van der Waals surface area (Å²) in [6, 6.07) is 3.67. The van der Waals surface area contributed by atoms with Gasteiger partial charge in [0.1, 0.15) is 0 Å². The van der Waals surface area contributed by atoms with Crippen LogP contribution in [0.2, 0.25) is 0 Å². The number of rotatable bonds is 3. The Morgan fingerprint density at radius 3 is 2.53 bits per heavy atom. The molecule has 2 rings (SSSR count). The SMILES string of the molecule is O=C(O)c1ccc([N+](=O)[O-])cc1N1CCS(=O)CC1. The van der Waals surface area contributed by atoms with Crippen LogP contribution in [0.5, 0.6) is 0 Å². The Balaban J connectivity index is 2.40. The Morgan fingerprint density at radius 2 is 2.00 bits per heavy atom. The molecule has 0 amide bonds. The molecule has 7 nitrogen and oxygen atoms in total. The van der Waals surface area contributed by atoms with Crippen molar-refractivity contribution in [3.63, 3.8) is 0 Å². The highest BCUT2D eigenvalue weighted by Gasteiger charge is 2.23. The van der Waals surface area contributed by atoms with Crippen molar-refractivity contribution < 1.29 is 19.0 Å². The van der Waals surface area contributed by atoms with E-state index in [1.165, 1.54) is 18.2 Å². The highest BCUT2D eigenvalue weighted by Crippen LogP contribution is 2.27. The van der Waals surface area contributed by atoms with Crippen molar-refractivity contribution in [2.24, 2.45) is 0 Å². The van der Waals surface area contributed by atoms with Crippen molar-refractivity contribution >= 4 is 28.1 Å². The average molecular weight is 284 g/mol. The van der Waals surface area contributed by atoms with Crippen LogP contribution in [-0.2, 0) is 10.8 Å². The smallest absolute Gasteiger partial charge is 0.337 e. The highest BCUT2D eigenvalue weighted by molar-refractivity contribution is 7.85. The molecule has 0 spiro atoms. The zero-order chi connectivity index (χ0) is 14.0. The zero-order valence-corrected chi connectivity index (χ0v) is 10.8. The maximum atomic E-state index is 11.3. The topological polar surface area (TPSA) is 101 Å². The molecular formula is C11H12N2O5S. The van der Waals surface area contributed by atoms with Crippen LogP contribution < -0.4 is 4.90 Å². The van der Waals surface area contributed by atoms with Crippen molar-refractivity contribution in [3.05, 3.63) is 33.9 Å². The van der Waals surface area contributed by atoms with Crippen LogP contribution in [0.1, 0.15) is 10.4 Å². The van der Waals surface area contributed by atoms with Crippen molar-refractivity contribution in [3.8, 4) is 0 Å². The number of aromatic carboxylic acids is 1. The van der Waals surface area contributed by atoms with Gasteiger partial charge in [0, 0.05) is 47.5 Å². The number of non-ortho nitro benzene ring substituents is 1. The summed E-state index contributed by atoms with van der Waals surface area (Å²) in [5, 5.41) is 19.9. The molecule has 0 saturated carbocycles. The van der Waals surface area contributed by atoms with Crippen LogP contribution in [-0.4, -0.2) is 44.8 Å². The van der Waals surface area contributed by atoms with Crippen molar-refractivity contribution in [1.29, 1.82) is 0 Å². The molecule has 0 aromatic heterocycles. The van der Waals surface area contributed by atoms with E-state index in [-0.39, 0.29) is 11.3 Å². The number of nitrogens with zero attached hydrogens (tertiary/aromatic N) is 2. The van der Waals surface area contributed by atoms with E-state index in [0.29, 0.717) is 30.3 Å². The number of benzene rings is 1. The Labute approximate surface area is 111 Å². The fourth-order valence-corrected chi connectivity index (χ4v) is 3.01. The molecule has 0 aliphatic carbocycles. The molecule has 1 aromatic rings. The fraction of sp³-hybridized carbons (Fsp3) is 0.364. The number of hydrogen-bond donors (Lipinski definition) is 1. The number of anilines is 1. The van der Waals surface area contributed by atoms with Gasteiger partial charge in [0.05, 0.1) is 16.2 Å². The monoisotopic (exact) mass is 284 g/mol. The van der Waals surface area contributed by atoms with Gasteiger partial charge in [-0.2, -0.15) is 0 Å². The molecule has 8 heteroatoms. The standard InChI is InChI=1S/C11H12N2O5S/c14-11(15)9-2-1-8(13(16)17)7-10(9)12-3-5-19(18)6-4-12/h1-2,7H,3-6H2,(H,14,15). The first kappa shape index (κ1) is 13.5. The Morgan fingerprint density at radius 1 is 1.37 bits per heavy atom. The van der Waals surface area contributed by atoms with Crippen LogP contribution in [0.15, 0.2) is 18.2 Å². The lowest BCUT2D eigenvalue weighted by Gasteiger charge is -2.29. The third-order valence-corrected chi connectivity index (χ3v) is 4.22. The van der Waals surface area contributed by atoms with E-state index in [2.05, 4.69) is 0 Å². The first-order valence-electron chi connectivity index (χ1n) is 5.60. The number of nitro benzene ring substituents is 1. The molecule has 1 fully saturated rings. The molecule has 0 radical (unpaired) electrons. The molecule has 1 heterocycles. The van der Waals surface area contributed by atoms with Gasteiger partial charge in [-0.05, 0) is 6.07 Å². The summed E-state index contributed by atoms with van der Waals surface area (Å²) in [6.07, 6.45) is 0. The van der Waals surface area contributed by atoms with Gasteiger partial charge in [-0.3, -0.25) is 14.3 Å². The molecule has 0 atom stereocenters. The van der Waals surface area contributed by atoms with Gasteiger partial charge in [0.2, 0.25) is 0 Å². The number of nitro groups is 1. The molecule has 1 N–H and O–H groups in total. The largest absolute Gasteiger partial charge is 0.478 e. The van der Waals surface area contributed by atoms with E-state index in [0.717, 1.165) is 0 Å². The molecular weight excluding hydrogens is 272 g/mol. The minimum atomic E-state index is -1.13. The predicted octanol–water partition coefficient (Wildman–Crippen LogP) is 0.862. The van der Waals surface area contributed by atoms with Gasteiger partial charge in [0.25, 0.3) is 5.69 Å². The normalized spacial score (nSPS) is 16.3. The van der Waals surface area contributed by atoms with Crippen LogP contribution >= 0.6 is 0 Å². The second kappa shape index (κ2) is 5.35. The summed E-state index contributed by atoms with van der Waals surface area (Å²) in [7, 11) is -0.889. The van der Waals surface area contributed by atoms with Gasteiger partial charge in [-0.15, -0.1) is 0 Å². The maximum Gasteiger partial charge on any atom is 0.337 e. The van der Waals surface area contributed by atoms with Crippen LogP contribution in [0.3, 0.4) is 0 Å². The number of hydrogen-bond acceptors (Lipinski definition) is 5. The van der Waals surface area contributed by atoms with Crippen LogP contribution in [0.4, 0.5) is 11.4 Å². The summed E-state index contributed by atoms with van der Waals surface area (Å²) in [6.45, 7) is 0.877. The summed E-state index contributed by atoms with van der Waals surface area (Å²) >= 11 is 0. The Kier molecular flexibility index (Phi) is 3.79. The molecule has 0 unspecified atom stereocenters. The number of carboxylic acids is 1. The number of carboxylic acid groups (broad SMARTS) is 1. The molecule has 19 heavy (non-hydrogen) atoms. The number of carbonyl (C=O) groups is 1. The maximum absolute atomic E-state index is 11.3. The first-order valence-corrected chi connectivity index (χ1v) is 7.09. The van der Waals surface area contributed by atoms with E-state index in [9.17, 15) is 19.1 Å². The summed E-state index contributed by atoms with van der Waals surface area (Å²) in [4.78, 5) is 23.1. The average Bonchev–Trinajstić information content (AvgIpc) is 2.38. The molecule has 0 bridgehead atoms. The Hall–Kier alpha value is -1.96. The van der Waals surface area contributed by atoms with Crippen molar-refractivity contribution in [2.75, 3.05) is 29.5 Å². The van der Waals surface area contributed by atoms with Gasteiger partial charge in [-0.1, -0.05) is 0 Å². The van der Waals surface area contributed by atoms with Gasteiger partial charge in [-0.25, -0.2) is 4.79 Å². The van der Waals surface area contributed by atoms with E-state index in [1.54, 1.807) is 4.90 Å². The lowest BCUT2D eigenvalue weighted by atomic mass is 10.1. The Bertz CT molecular complexity index is 550. The van der Waals surface area contributed by atoms with E-state index >= 15 is 0 Å². The summed E-state index contributed by atoms with van der Waals surface area (Å²) < 4.78 is 11.3. The summed E-state index contributed by atoms with van der Waals surface area (Å²) in [5.41, 5.74) is 0.198. The third kappa shape index (κ3) is 2.90. The minimum absolute atomic E-state index is 0.0262. The lowest BCUT2D eigenvalue weighted by Crippen LogP contribution is -2.38. The van der Waals surface area contributed by atoms with Gasteiger partial charge in [0.15, 0.2) is 0 Å². The fourth-order valence-electron chi connectivity index (χ4n) is 1.95. The van der Waals surface area contributed by atoms with Gasteiger partial charge >= 0.3 is 5.97 Å². The van der Waals surface area contributed by atoms with E-state index in [4.69, 9.17) is 5.11 Å². The van der Waals surface area contributed by atoms with E-state index in [1.807, 2.05) is 0 Å². The summed E-state index contributed by atoms with van der Waals surface area (Å²) in [5.74, 6) is -0.236. The van der Waals surface area contributed by atoms with Crippen LogP contribution in [0, 0.1) is 10.1 Å². The van der Waals surface area contributed by atoms with Gasteiger partial charge < -0.3 is 10.0 Å². The molecule has 1 aliphatic heterocycles. The minimum Gasteiger partial charge on any atom is -0.478 e. The quantitative estimate of drug-likeness (QED) is 0.652. The van der Waals surface area contributed by atoms with Crippen LogP contribution in [0.25, 0.3) is 0 Å². The lowest BCUT2D eigenvalue weighted by molar-refractivity contribution is -0.384. The predicted molar refractivity (Wildman–Crippen MR) is 70.1 cm³/mol. The second-order valence-electron chi connectivity index (χ2n) is 4.10. The highest BCUT2D eigenvalue weighted by atomic mass is 32.2. The van der Waals surface area contributed by atoms with Crippen molar-refractivity contribution in [2.45, 2.75) is 0 Å². The third-order valence-electron chi connectivity index (χ3n) is 2.94. The second-order valence-corrected chi connectivity index (χ2v) is 5.79. The first-order chi connectivity index (χ1) is 8.99. The van der Waals surface area contributed by atoms with Crippen molar-refractivity contribution in [1.82, 2.24) is 0 Å². The molecule has 102 valence electrons. The van der Waals surface area contributed by atoms with E-state index < -0.39 is 21.7 Å². The molecule has 1 aliphatic rings. The molecule has 1 saturated heterocycles. The zero-order valence-electron chi connectivity index (χ0n) is 9.94. The molecule has 1 aromatic carbocycles.